The summed E-state index contributed by atoms with van der Waals surface area (Å²) in [7, 11) is 1.43. The van der Waals surface area contributed by atoms with Crippen LogP contribution in [0.15, 0.2) is 16.8 Å². The first-order valence-electron chi connectivity index (χ1n) is 4.82. The molecule has 0 amide bonds. The fraction of sp³-hybridized carbons (Fsp3) is 0.182. The van der Waals surface area contributed by atoms with E-state index in [0.717, 1.165) is 5.56 Å². The molecule has 0 saturated carbocycles. The van der Waals surface area contributed by atoms with Crippen LogP contribution in [0.2, 0.25) is 5.02 Å². The zero-order valence-electron chi connectivity index (χ0n) is 9.32. The average Bonchev–Trinajstić information content (AvgIpc) is 2.65. The van der Waals surface area contributed by atoms with Crippen molar-refractivity contribution in [3.63, 3.8) is 0 Å². The molecule has 0 saturated heterocycles. The second-order valence-electron chi connectivity index (χ2n) is 3.54. The summed E-state index contributed by atoms with van der Waals surface area (Å²) in [6.45, 7) is 1.80. The third kappa shape index (κ3) is 1.78. The van der Waals surface area contributed by atoms with Crippen LogP contribution in [0.1, 0.15) is 5.56 Å². The minimum atomic E-state index is -0.0765. The predicted octanol–water partition coefficient (Wildman–Crippen LogP) is 2.60. The van der Waals surface area contributed by atoms with Crippen LogP contribution in [-0.4, -0.2) is 17.4 Å². The molecule has 17 heavy (non-hydrogen) atoms. The third-order valence-electron chi connectivity index (χ3n) is 2.48. The van der Waals surface area contributed by atoms with Gasteiger partial charge in [-0.2, -0.15) is 0 Å². The molecule has 0 unspecified atom stereocenters. The van der Waals surface area contributed by atoms with Gasteiger partial charge < -0.3 is 20.1 Å². The topological polar surface area (TPSA) is 81.5 Å². The molecule has 3 N–H and O–H groups in total. The number of nitrogens with two attached hydrogens (primary N) is 1. The molecule has 0 fully saturated rings. The van der Waals surface area contributed by atoms with Gasteiger partial charge in [0.15, 0.2) is 11.5 Å². The fourth-order valence-corrected chi connectivity index (χ4v) is 2.04. The number of hydrogen-bond donors (Lipinski definition) is 2. The summed E-state index contributed by atoms with van der Waals surface area (Å²) >= 11 is 5.95. The van der Waals surface area contributed by atoms with Crippen molar-refractivity contribution < 1.29 is 14.4 Å². The molecular weight excluding hydrogens is 244 g/mol. The van der Waals surface area contributed by atoms with Gasteiger partial charge in [-0.25, -0.2) is 0 Å². The molecule has 0 aliphatic rings. The number of phenolic OH excluding ortho intramolecular Hbond substituents is 1. The summed E-state index contributed by atoms with van der Waals surface area (Å²) in [5.74, 6) is 0.257. The Hall–Kier alpha value is -1.88. The Kier molecular flexibility index (Phi) is 2.85. The second kappa shape index (κ2) is 4.18. The highest BCUT2D eigenvalue weighted by molar-refractivity contribution is 6.32. The van der Waals surface area contributed by atoms with Crippen LogP contribution in [0, 0.1) is 6.92 Å². The first-order chi connectivity index (χ1) is 8.06. The summed E-state index contributed by atoms with van der Waals surface area (Å²) in [6, 6.07) is 1.68. The van der Waals surface area contributed by atoms with Crippen LogP contribution in [0.5, 0.6) is 11.5 Å². The van der Waals surface area contributed by atoms with E-state index in [1.807, 2.05) is 0 Å². The van der Waals surface area contributed by atoms with E-state index in [2.05, 4.69) is 5.16 Å². The van der Waals surface area contributed by atoms with Gasteiger partial charge in [0.05, 0.1) is 23.9 Å². The van der Waals surface area contributed by atoms with Crippen molar-refractivity contribution in [2.24, 2.45) is 0 Å². The molecule has 0 aliphatic carbocycles. The number of halogens is 1. The Bertz CT molecular complexity index is 566. The van der Waals surface area contributed by atoms with E-state index >= 15 is 0 Å². The Morgan fingerprint density at radius 1 is 1.53 bits per heavy atom. The Balaban J connectivity index is 2.74. The Morgan fingerprint density at radius 3 is 2.76 bits per heavy atom. The van der Waals surface area contributed by atoms with Crippen molar-refractivity contribution in [3.8, 4) is 22.6 Å². The SMILES string of the molecule is COc1c(Cl)cc(C)c(-c2cnoc2N)c1O. The minimum Gasteiger partial charge on any atom is -0.504 e. The fourth-order valence-electron chi connectivity index (χ4n) is 1.71. The van der Waals surface area contributed by atoms with E-state index in [9.17, 15) is 5.11 Å². The zero-order chi connectivity index (χ0) is 12.6. The van der Waals surface area contributed by atoms with Crippen molar-refractivity contribution in [2.45, 2.75) is 6.92 Å². The van der Waals surface area contributed by atoms with Crippen molar-refractivity contribution >= 4 is 17.5 Å². The summed E-state index contributed by atoms with van der Waals surface area (Å²) in [4.78, 5) is 0. The number of ether oxygens (including phenoxy) is 1. The van der Waals surface area contributed by atoms with E-state index in [0.29, 0.717) is 16.1 Å². The molecule has 5 nitrogen and oxygen atoms in total. The van der Waals surface area contributed by atoms with Gasteiger partial charge in [0.1, 0.15) is 0 Å². The van der Waals surface area contributed by atoms with Crippen LogP contribution in [-0.2, 0) is 0 Å². The minimum absolute atomic E-state index is 0.0765. The predicted molar refractivity (Wildman–Crippen MR) is 64.3 cm³/mol. The monoisotopic (exact) mass is 254 g/mol. The van der Waals surface area contributed by atoms with E-state index in [1.165, 1.54) is 13.3 Å². The molecule has 1 aromatic heterocycles. The van der Waals surface area contributed by atoms with E-state index in [4.69, 9.17) is 26.6 Å². The second-order valence-corrected chi connectivity index (χ2v) is 3.94. The molecule has 2 rings (SSSR count). The molecule has 1 aromatic carbocycles. The molecular formula is C11H11ClN2O3. The number of nitrogens with zero attached hydrogens (tertiary/aromatic N) is 1. The van der Waals surface area contributed by atoms with Gasteiger partial charge in [-0.05, 0) is 18.6 Å². The molecule has 1 heterocycles. The summed E-state index contributed by atoms with van der Waals surface area (Å²) in [6.07, 6.45) is 1.44. The molecule has 0 atom stereocenters. The summed E-state index contributed by atoms with van der Waals surface area (Å²) in [5, 5.41) is 14.0. The van der Waals surface area contributed by atoms with E-state index < -0.39 is 0 Å². The number of hydrogen-bond acceptors (Lipinski definition) is 5. The first kappa shape index (κ1) is 11.6. The van der Waals surface area contributed by atoms with Crippen LogP contribution in [0.25, 0.3) is 11.1 Å². The van der Waals surface area contributed by atoms with E-state index in [-0.39, 0.29) is 17.4 Å². The Morgan fingerprint density at radius 2 is 2.24 bits per heavy atom. The number of benzene rings is 1. The highest BCUT2D eigenvalue weighted by Crippen LogP contribution is 2.45. The van der Waals surface area contributed by atoms with E-state index in [1.54, 1.807) is 13.0 Å². The Labute approximate surface area is 103 Å². The summed E-state index contributed by atoms with van der Waals surface area (Å²) < 4.78 is 9.81. The maximum absolute atomic E-state index is 10.1. The third-order valence-corrected chi connectivity index (χ3v) is 2.76. The number of anilines is 1. The number of phenols is 1. The molecule has 90 valence electrons. The van der Waals surface area contributed by atoms with Crippen LogP contribution >= 0.6 is 11.6 Å². The van der Waals surface area contributed by atoms with Gasteiger partial charge in [-0.3, -0.25) is 0 Å². The van der Waals surface area contributed by atoms with Gasteiger partial charge in [-0.15, -0.1) is 0 Å². The lowest BCUT2D eigenvalue weighted by molar-refractivity contribution is 0.374. The highest BCUT2D eigenvalue weighted by atomic mass is 35.5. The van der Waals surface area contributed by atoms with Crippen molar-refractivity contribution in [1.29, 1.82) is 0 Å². The molecule has 0 aliphatic heterocycles. The van der Waals surface area contributed by atoms with Gasteiger partial charge in [-0.1, -0.05) is 16.8 Å². The number of nitrogen functional groups attached to an aromatic ring is 1. The average molecular weight is 255 g/mol. The summed E-state index contributed by atoms with van der Waals surface area (Å²) in [5.41, 5.74) is 7.39. The van der Waals surface area contributed by atoms with Crippen LogP contribution in [0.3, 0.4) is 0 Å². The molecule has 0 bridgehead atoms. The van der Waals surface area contributed by atoms with Crippen molar-refractivity contribution in [3.05, 3.63) is 22.8 Å². The lowest BCUT2D eigenvalue weighted by Gasteiger charge is -2.12. The molecule has 6 heteroatoms. The number of aromatic nitrogens is 1. The lowest BCUT2D eigenvalue weighted by Crippen LogP contribution is -1.92. The quantitative estimate of drug-likeness (QED) is 0.861. The number of rotatable bonds is 2. The number of aromatic hydroxyl groups is 1. The first-order valence-corrected chi connectivity index (χ1v) is 5.20. The van der Waals surface area contributed by atoms with Crippen LogP contribution in [0.4, 0.5) is 5.88 Å². The number of methoxy groups -OCH3 is 1. The van der Waals surface area contributed by atoms with Gasteiger partial charge >= 0.3 is 0 Å². The normalized spacial score (nSPS) is 10.5. The largest absolute Gasteiger partial charge is 0.504 e. The number of aryl methyl sites for hydroxylation is 1. The van der Waals surface area contributed by atoms with Gasteiger partial charge in [0, 0.05) is 5.56 Å². The van der Waals surface area contributed by atoms with Gasteiger partial charge in [0.2, 0.25) is 5.88 Å². The molecule has 0 radical (unpaired) electrons. The zero-order valence-corrected chi connectivity index (χ0v) is 10.1. The smallest absolute Gasteiger partial charge is 0.230 e. The standard InChI is InChI=1S/C11H11ClN2O3/c1-5-3-7(12)10(16-2)9(15)8(5)6-4-14-17-11(6)13/h3-4,15H,13H2,1-2H3. The van der Waals surface area contributed by atoms with Crippen molar-refractivity contribution in [1.82, 2.24) is 5.16 Å². The van der Waals surface area contributed by atoms with Gasteiger partial charge in [0.25, 0.3) is 0 Å². The molecule has 2 aromatic rings. The lowest BCUT2D eigenvalue weighted by atomic mass is 10.0. The maximum atomic E-state index is 10.1. The maximum Gasteiger partial charge on any atom is 0.230 e. The van der Waals surface area contributed by atoms with Crippen LogP contribution < -0.4 is 10.5 Å². The molecule has 0 spiro atoms. The van der Waals surface area contributed by atoms with Crippen molar-refractivity contribution in [2.75, 3.05) is 12.8 Å². The highest BCUT2D eigenvalue weighted by Gasteiger charge is 2.20.